The van der Waals surface area contributed by atoms with E-state index in [0.717, 1.165) is 46.3 Å². The molecule has 0 N–H and O–H groups in total. The molecule has 1 aliphatic heterocycles. The van der Waals surface area contributed by atoms with Crippen molar-refractivity contribution in [3.8, 4) is 5.75 Å². The van der Waals surface area contributed by atoms with E-state index in [1.807, 2.05) is 32.0 Å². The molecule has 1 unspecified atom stereocenters. The van der Waals surface area contributed by atoms with Crippen LogP contribution < -0.4 is 4.74 Å². The lowest BCUT2D eigenvalue weighted by Crippen LogP contribution is -2.32. The van der Waals surface area contributed by atoms with Crippen LogP contribution in [0.1, 0.15) is 28.6 Å². The molecule has 0 fully saturated rings. The number of furan rings is 1. The smallest absolute Gasteiger partial charge is 0.140 e. The number of likely N-dealkylation sites (N-methyl/N-ethyl adjacent to an activating group) is 1. The van der Waals surface area contributed by atoms with Gasteiger partial charge in [0.15, 0.2) is 0 Å². The Morgan fingerprint density at radius 3 is 2.62 bits per heavy atom. The highest BCUT2D eigenvalue weighted by molar-refractivity contribution is 6.32. The predicted octanol–water partition coefficient (Wildman–Crippen LogP) is 4.54. The van der Waals surface area contributed by atoms with Gasteiger partial charge in [0.05, 0.1) is 12.8 Å². The van der Waals surface area contributed by atoms with Crippen LogP contribution in [0, 0.1) is 13.8 Å². The molecule has 1 aromatic carbocycles. The monoisotopic (exact) mass is 327 g/mol. The van der Waals surface area contributed by atoms with Gasteiger partial charge in [0, 0.05) is 17.1 Å². The first kappa shape index (κ1) is 16.2. The summed E-state index contributed by atoms with van der Waals surface area (Å²) >= 11 is 6.20. The Morgan fingerprint density at radius 2 is 1.95 bits per heavy atom. The molecule has 21 heavy (non-hydrogen) atoms. The second-order valence-electron chi connectivity index (χ2n) is 5.47. The van der Waals surface area contributed by atoms with Gasteiger partial charge in [-0.15, -0.1) is 12.4 Å². The predicted molar refractivity (Wildman–Crippen MR) is 86.6 cm³/mol. The molecule has 1 aliphatic rings. The van der Waals surface area contributed by atoms with Crippen molar-refractivity contribution >= 4 is 24.0 Å². The van der Waals surface area contributed by atoms with E-state index in [4.69, 9.17) is 20.8 Å². The number of fused-ring (bicyclic) bond motifs is 1. The lowest BCUT2D eigenvalue weighted by molar-refractivity contribution is 0.120. The lowest BCUT2D eigenvalue weighted by atomic mass is 10.1. The fourth-order valence-corrected chi connectivity index (χ4v) is 2.81. The third kappa shape index (κ3) is 3.20. The van der Waals surface area contributed by atoms with Crippen LogP contribution in [-0.2, 0) is 6.54 Å². The van der Waals surface area contributed by atoms with E-state index in [0.29, 0.717) is 0 Å². The van der Waals surface area contributed by atoms with Crippen LogP contribution in [0.5, 0.6) is 5.75 Å². The summed E-state index contributed by atoms with van der Waals surface area (Å²) in [5, 5.41) is 0.808. The molecule has 0 bridgehead atoms. The van der Waals surface area contributed by atoms with Gasteiger partial charge in [0.2, 0.25) is 0 Å². The summed E-state index contributed by atoms with van der Waals surface area (Å²) in [7, 11) is 2.07. The largest absolute Gasteiger partial charge is 0.484 e. The molecule has 2 heterocycles. The number of hydrogen-bond donors (Lipinski definition) is 0. The molecule has 3 rings (SSSR count). The molecule has 5 heteroatoms. The zero-order valence-corrected chi connectivity index (χ0v) is 13.9. The van der Waals surface area contributed by atoms with Gasteiger partial charge in [-0.05, 0) is 50.2 Å². The highest BCUT2D eigenvalue weighted by atomic mass is 35.5. The maximum absolute atomic E-state index is 6.20. The first-order valence-corrected chi connectivity index (χ1v) is 7.10. The first-order valence-electron chi connectivity index (χ1n) is 6.73. The number of ether oxygens (including phenoxy) is 1. The Kier molecular flexibility index (Phi) is 4.87. The molecule has 2 aromatic rings. The van der Waals surface area contributed by atoms with Crippen LogP contribution in [0.15, 0.2) is 28.9 Å². The van der Waals surface area contributed by atoms with E-state index in [9.17, 15) is 0 Å². The summed E-state index contributed by atoms with van der Waals surface area (Å²) in [6.07, 6.45) is 1.74. The second-order valence-corrected chi connectivity index (χ2v) is 5.85. The molecule has 0 amide bonds. The number of rotatable bonds is 2. The van der Waals surface area contributed by atoms with Crippen LogP contribution in [0.25, 0.3) is 0 Å². The van der Waals surface area contributed by atoms with Gasteiger partial charge in [0.1, 0.15) is 17.6 Å². The highest BCUT2D eigenvalue weighted by Gasteiger charge is 2.27. The summed E-state index contributed by atoms with van der Waals surface area (Å²) in [6.45, 7) is 5.69. The molecule has 114 valence electrons. The number of aryl methyl sites for hydroxylation is 2. The van der Waals surface area contributed by atoms with Crippen molar-refractivity contribution < 1.29 is 9.15 Å². The topological polar surface area (TPSA) is 25.6 Å². The number of halogens is 2. The van der Waals surface area contributed by atoms with Crippen LogP contribution in [0.3, 0.4) is 0 Å². The lowest BCUT2D eigenvalue weighted by Gasteiger charge is -2.29. The van der Waals surface area contributed by atoms with Gasteiger partial charge >= 0.3 is 0 Å². The van der Waals surface area contributed by atoms with Crippen LogP contribution in [-0.4, -0.2) is 18.5 Å². The van der Waals surface area contributed by atoms with Gasteiger partial charge in [-0.2, -0.15) is 0 Å². The van der Waals surface area contributed by atoms with Crippen molar-refractivity contribution in [3.63, 3.8) is 0 Å². The Morgan fingerprint density at radius 1 is 1.29 bits per heavy atom. The zero-order chi connectivity index (χ0) is 14.3. The van der Waals surface area contributed by atoms with Gasteiger partial charge in [-0.25, -0.2) is 0 Å². The molecular weight excluding hydrogens is 309 g/mol. The van der Waals surface area contributed by atoms with Crippen molar-refractivity contribution in [1.29, 1.82) is 0 Å². The molecule has 0 saturated carbocycles. The van der Waals surface area contributed by atoms with E-state index in [1.165, 1.54) is 0 Å². The SMILES string of the molecule is Cc1cc(OC2CN(C)Cc3occc32)cc(C)c1Cl.Cl. The van der Waals surface area contributed by atoms with E-state index in [-0.39, 0.29) is 18.5 Å². The molecule has 0 saturated heterocycles. The molecule has 0 spiro atoms. The fraction of sp³-hybridized carbons (Fsp3) is 0.375. The minimum atomic E-state index is 0. The Balaban J connectivity index is 0.00000161. The number of benzene rings is 1. The number of nitrogens with zero attached hydrogens (tertiary/aromatic N) is 1. The fourth-order valence-electron chi connectivity index (χ4n) is 2.70. The van der Waals surface area contributed by atoms with Crippen LogP contribution >= 0.6 is 24.0 Å². The summed E-state index contributed by atoms with van der Waals surface area (Å²) < 4.78 is 11.7. The van der Waals surface area contributed by atoms with Crippen molar-refractivity contribution in [2.45, 2.75) is 26.5 Å². The minimum Gasteiger partial charge on any atom is -0.484 e. The second kappa shape index (κ2) is 6.30. The van der Waals surface area contributed by atoms with Gasteiger partial charge in [0.25, 0.3) is 0 Å². The third-order valence-electron chi connectivity index (χ3n) is 3.71. The van der Waals surface area contributed by atoms with Crippen LogP contribution in [0.4, 0.5) is 0 Å². The van der Waals surface area contributed by atoms with Gasteiger partial charge < -0.3 is 9.15 Å². The van der Waals surface area contributed by atoms with Gasteiger partial charge in [-0.1, -0.05) is 11.6 Å². The normalized spacial score (nSPS) is 18.0. The third-order valence-corrected chi connectivity index (χ3v) is 4.30. The molecular formula is C16H19Cl2NO2. The van der Waals surface area contributed by atoms with E-state index < -0.39 is 0 Å². The van der Waals surface area contributed by atoms with Crippen molar-refractivity contribution in [3.05, 3.63) is 51.9 Å². The first-order chi connectivity index (χ1) is 9.54. The number of hydrogen-bond acceptors (Lipinski definition) is 3. The maximum Gasteiger partial charge on any atom is 0.140 e. The summed E-state index contributed by atoms with van der Waals surface area (Å²) in [5.74, 6) is 1.85. The molecule has 0 radical (unpaired) electrons. The zero-order valence-electron chi connectivity index (χ0n) is 12.4. The van der Waals surface area contributed by atoms with Crippen molar-refractivity contribution in [2.75, 3.05) is 13.6 Å². The summed E-state index contributed by atoms with van der Waals surface area (Å²) in [4.78, 5) is 2.20. The quantitative estimate of drug-likeness (QED) is 0.809. The van der Waals surface area contributed by atoms with E-state index >= 15 is 0 Å². The maximum atomic E-state index is 6.20. The Labute approximate surface area is 136 Å². The molecule has 1 aromatic heterocycles. The average molecular weight is 328 g/mol. The van der Waals surface area contributed by atoms with Crippen molar-refractivity contribution in [2.24, 2.45) is 0 Å². The molecule has 1 atom stereocenters. The Hall–Kier alpha value is -1.16. The van der Waals surface area contributed by atoms with Crippen LogP contribution in [0.2, 0.25) is 5.02 Å². The highest BCUT2D eigenvalue weighted by Crippen LogP contribution is 2.33. The molecule has 3 nitrogen and oxygen atoms in total. The summed E-state index contributed by atoms with van der Waals surface area (Å²) in [6, 6.07) is 5.98. The van der Waals surface area contributed by atoms with Gasteiger partial charge in [-0.3, -0.25) is 4.90 Å². The average Bonchev–Trinajstić information content (AvgIpc) is 2.84. The Bertz CT molecular complexity index is 616. The van der Waals surface area contributed by atoms with E-state index in [1.54, 1.807) is 6.26 Å². The molecule has 0 aliphatic carbocycles. The summed E-state index contributed by atoms with van der Waals surface area (Å²) in [5.41, 5.74) is 3.23. The minimum absolute atomic E-state index is 0. The van der Waals surface area contributed by atoms with E-state index in [2.05, 4.69) is 11.9 Å². The van der Waals surface area contributed by atoms with Crippen molar-refractivity contribution in [1.82, 2.24) is 4.90 Å². The standard InChI is InChI=1S/C16H18ClNO2.ClH/c1-10-6-12(7-11(2)16(10)17)20-15-9-18(3)8-14-13(15)4-5-19-14;/h4-7,15H,8-9H2,1-3H3;1H.